The molecule has 1 heterocycles. The Bertz CT molecular complexity index is 1480. The molecule has 0 saturated carbocycles. The molecule has 33 heavy (non-hydrogen) atoms. The second-order valence-corrected chi connectivity index (χ2v) is 7.66. The minimum Gasteiger partial charge on any atom is -0.478 e. The van der Waals surface area contributed by atoms with E-state index in [2.05, 4.69) is 5.32 Å². The maximum Gasteiger partial charge on any atom is 0.337 e. The molecule has 4 rings (SSSR count). The number of hydrogen-bond donors (Lipinski definition) is 2. The molecule has 164 valence electrons. The summed E-state index contributed by atoms with van der Waals surface area (Å²) in [5, 5.41) is 21.7. The van der Waals surface area contributed by atoms with Gasteiger partial charge in [-0.15, -0.1) is 0 Å². The molecule has 0 aliphatic carbocycles. The third kappa shape index (κ3) is 4.06. The largest absolute Gasteiger partial charge is 0.478 e. The Morgan fingerprint density at radius 2 is 1.85 bits per heavy atom. The van der Waals surface area contributed by atoms with E-state index in [1.807, 2.05) is 6.07 Å². The monoisotopic (exact) mass is 442 g/mol. The zero-order valence-corrected chi connectivity index (χ0v) is 17.8. The smallest absolute Gasteiger partial charge is 0.337 e. The fraction of sp³-hybridized carbons (Fsp3) is 0.115. The van der Waals surface area contributed by atoms with Crippen molar-refractivity contribution in [3.63, 3.8) is 0 Å². The van der Waals surface area contributed by atoms with Crippen molar-refractivity contribution >= 4 is 22.6 Å². The minimum atomic E-state index is -1.10. The molecule has 0 aliphatic rings. The van der Waals surface area contributed by atoms with Gasteiger partial charge >= 0.3 is 5.97 Å². The van der Waals surface area contributed by atoms with E-state index >= 15 is 0 Å². The highest BCUT2D eigenvalue weighted by Crippen LogP contribution is 2.32. The summed E-state index contributed by atoms with van der Waals surface area (Å²) in [6.45, 7) is 3.34. The highest BCUT2D eigenvalue weighted by atomic mass is 19.1. The average Bonchev–Trinajstić information content (AvgIpc) is 2.81. The number of aromatic carboxylic acids is 1. The molecule has 2 N–H and O–H groups in total. The van der Waals surface area contributed by atoms with Gasteiger partial charge in [0, 0.05) is 22.4 Å². The number of hydrogen-bond acceptors (Lipinski definition) is 5. The van der Waals surface area contributed by atoms with Gasteiger partial charge in [-0.3, -0.25) is 4.79 Å². The number of halogens is 1. The van der Waals surface area contributed by atoms with Crippen LogP contribution in [0.4, 0.5) is 10.1 Å². The Labute approximate surface area is 188 Å². The number of benzene rings is 3. The van der Waals surface area contributed by atoms with Crippen molar-refractivity contribution < 1.29 is 18.7 Å². The van der Waals surface area contributed by atoms with E-state index in [-0.39, 0.29) is 22.0 Å². The molecule has 0 amide bonds. The summed E-state index contributed by atoms with van der Waals surface area (Å²) in [7, 11) is 0. The average molecular weight is 442 g/mol. The number of rotatable bonds is 5. The third-order valence-electron chi connectivity index (χ3n) is 5.48. The van der Waals surface area contributed by atoms with Crippen molar-refractivity contribution in [3.05, 3.63) is 99.0 Å². The van der Waals surface area contributed by atoms with E-state index < -0.39 is 17.8 Å². The van der Waals surface area contributed by atoms with E-state index in [0.717, 1.165) is 6.07 Å². The van der Waals surface area contributed by atoms with Crippen molar-refractivity contribution in [2.75, 3.05) is 5.32 Å². The first kappa shape index (κ1) is 21.8. The van der Waals surface area contributed by atoms with Crippen LogP contribution in [0.1, 0.15) is 40.0 Å². The van der Waals surface area contributed by atoms with E-state index in [4.69, 9.17) is 9.68 Å². The normalized spacial score (nSPS) is 11.7. The van der Waals surface area contributed by atoms with E-state index in [9.17, 15) is 19.1 Å². The molecular weight excluding hydrogens is 423 g/mol. The molecule has 7 heteroatoms. The minimum absolute atomic E-state index is 0.0700. The number of nitriles is 1. The van der Waals surface area contributed by atoms with Crippen LogP contribution >= 0.6 is 0 Å². The predicted molar refractivity (Wildman–Crippen MR) is 123 cm³/mol. The summed E-state index contributed by atoms with van der Waals surface area (Å²) in [6.07, 6.45) is 0. The topological polar surface area (TPSA) is 103 Å². The molecule has 1 aromatic heterocycles. The van der Waals surface area contributed by atoms with Crippen LogP contribution in [0, 0.1) is 24.1 Å². The first-order chi connectivity index (χ1) is 15.8. The molecule has 6 nitrogen and oxygen atoms in total. The van der Waals surface area contributed by atoms with Crippen LogP contribution in [0.15, 0.2) is 69.9 Å². The fourth-order valence-electron chi connectivity index (χ4n) is 3.78. The van der Waals surface area contributed by atoms with Gasteiger partial charge in [-0.25, -0.2) is 9.18 Å². The predicted octanol–water partition coefficient (Wildman–Crippen LogP) is 5.65. The van der Waals surface area contributed by atoms with Gasteiger partial charge in [0.2, 0.25) is 0 Å². The molecule has 0 radical (unpaired) electrons. The van der Waals surface area contributed by atoms with Crippen LogP contribution in [-0.4, -0.2) is 11.1 Å². The number of anilines is 1. The van der Waals surface area contributed by atoms with Crippen LogP contribution in [-0.2, 0) is 0 Å². The Morgan fingerprint density at radius 3 is 2.52 bits per heavy atom. The number of nitrogens with one attached hydrogen (secondary N) is 1. The van der Waals surface area contributed by atoms with Gasteiger partial charge in [0.25, 0.3) is 0 Å². The van der Waals surface area contributed by atoms with Gasteiger partial charge in [0.1, 0.15) is 17.2 Å². The molecule has 0 unspecified atom stereocenters. The second kappa shape index (κ2) is 8.60. The number of carbonyl (C=O) groups is 1. The molecule has 3 aromatic carbocycles. The van der Waals surface area contributed by atoms with Crippen molar-refractivity contribution in [3.8, 4) is 17.4 Å². The van der Waals surface area contributed by atoms with Gasteiger partial charge in [-0.1, -0.05) is 12.1 Å². The summed E-state index contributed by atoms with van der Waals surface area (Å²) in [6, 6.07) is 16.9. The van der Waals surface area contributed by atoms with Crippen LogP contribution in [0.2, 0.25) is 0 Å². The summed E-state index contributed by atoms with van der Waals surface area (Å²) in [5.74, 6) is -1.38. The molecule has 0 aliphatic heterocycles. The summed E-state index contributed by atoms with van der Waals surface area (Å²) >= 11 is 0. The number of carboxylic acids is 1. The molecule has 0 saturated heterocycles. The zero-order valence-electron chi connectivity index (χ0n) is 17.8. The van der Waals surface area contributed by atoms with Crippen LogP contribution in [0.3, 0.4) is 0 Å². The number of para-hydroxylation sites is 1. The van der Waals surface area contributed by atoms with E-state index in [1.165, 1.54) is 12.1 Å². The van der Waals surface area contributed by atoms with Gasteiger partial charge in [0.15, 0.2) is 5.43 Å². The Hall–Kier alpha value is -4.44. The second-order valence-electron chi connectivity index (χ2n) is 7.66. The molecule has 4 aromatic rings. The highest BCUT2D eigenvalue weighted by Gasteiger charge is 2.21. The molecule has 0 bridgehead atoms. The first-order valence-corrected chi connectivity index (χ1v) is 10.2. The lowest BCUT2D eigenvalue weighted by Gasteiger charge is -2.19. The molecule has 0 fully saturated rings. The van der Waals surface area contributed by atoms with Gasteiger partial charge in [-0.2, -0.15) is 5.26 Å². The highest BCUT2D eigenvalue weighted by molar-refractivity contribution is 5.94. The fourth-order valence-corrected chi connectivity index (χ4v) is 3.78. The maximum atomic E-state index is 14.5. The lowest BCUT2D eigenvalue weighted by molar-refractivity contribution is 0.0698. The SMILES string of the molecule is Cc1c(-c2ccc(C#N)cc2)oc2c([C@@H](C)Nc3ccccc3C(=O)O)cc(F)cc2c1=O. The number of fused-ring (bicyclic) bond motifs is 1. The van der Waals surface area contributed by atoms with Gasteiger partial charge in [0.05, 0.1) is 28.6 Å². The van der Waals surface area contributed by atoms with Crippen molar-refractivity contribution in [2.45, 2.75) is 19.9 Å². The lowest BCUT2D eigenvalue weighted by Crippen LogP contribution is -2.14. The first-order valence-electron chi connectivity index (χ1n) is 10.2. The van der Waals surface area contributed by atoms with Gasteiger partial charge in [-0.05, 0) is 62.4 Å². The van der Waals surface area contributed by atoms with E-state index in [1.54, 1.807) is 56.3 Å². The third-order valence-corrected chi connectivity index (χ3v) is 5.48. The quantitative estimate of drug-likeness (QED) is 0.414. The lowest BCUT2D eigenvalue weighted by atomic mass is 10.00. The van der Waals surface area contributed by atoms with Crippen LogP contribution in [0.25, 0.3) is 22.3 Å². The molecule has 1 atom stereocenters. The van der Waals surface area contributed by atoms with Crippen molar-refractivity contribution in [1.82, 2.24) is 0 Å². The Morgan fingerprint density at radius 1 is 1.15 bits per heavy atom. The summed E-state index contributed by atoms with van der Waals surface area (Å²) < 4.78 is 20.6. The summed E-state index contributed by atoms with van der Waals surface area (Å²) in [4.78, 5) is 24.7. The van der Waals surface area contributed by atoms with Crippen LogP contribution < -0.4 is 10.7 Å². The Balaban J connectivity index is 1.88. The maximum absolute atomic E-state index is 14.5. The van der Waals surface area contributed by atoms with Crippen molar-refractivity contribution in [1.29, 1.82) is 5.26 Å². The van der Waals surface area contributed by atoms with Crippen molar-refractivity contribution in [2.24, 2.45) is 0 Å². The number of nitrogens with zero attached hydrogens (tertiary/aromatic N) is 1. The molecule has 0 spiro atoms. The molecular formula is C26H19FN2O4. The van der Waals surface area contributed by atoms with E-state index in [0.29, 0.717) is 33.7 Å². The zero-order chi connectivity index (χ0) is 23.7. The number of carboxylic acid groups (broad SMARTS) is 1. The Kier molecular flexibility index (Phi) is 5.67. The standard InChI is InChI=1S/C26H19FN2O4/c1-14-23(30)21-12-18(27)11-20(15(2)29-22-6-4-3-5-19(22)26(31)32)25(21)33-24(14)17-9-7-16(13-28)8-10-17/h3-12,15,29H,1-2H3,(H,31,32)/t15-/m1/s1. The van der Waals surface area contributed by atoms with Crippen LogP contribution in [0.5, 0.6) is 0 Å². The van der Waals surface area contributed by atoms with Gasteiger partial charge < -0.3 is 14.8 Å². The summed E-state index contributed by atoms with van der Waals surface area (Å²) in [5.41, 5.74) is 2.04.